The second-order valence-electron chi connectivity index (χ2n) is 3.40. The van der Waals surface area contributed by atoms with Gasteiger partial charge in [0.1, 0.15) is 0 Å². The van der Waals surface area contributed by atoms with Gasteiger partial charge in [0.15, 0.2) is 0 Å². The van der Waals surface area contributed by atoms with Gasteiger partial charge in [0.05, 0.1) is 24.1 Å². The first-order valence-corrected chi connectivity index (χ1v) is 5.16. The molecular weight excluding hydrogens is 204 g/mol. The number of hydrogen-bond acceptors (Lipinski definition) is 4. The zero-order valence-electron chi connectivity index (χ0n) is 9.01. The highest BCUT2D eigenvalue weighted by Gasteiger charge is 2.15. The smallest absolute Gasteiger partial charge is 0.335 e. The summed E-state index contributed by atoms with van der Waals surface area (Å²) in [5.41, 5.74) is 2.33. The Hall–Kier alpha value is -1.97. The lowest BCUT2D eigenvalue weighted by Crippen LogP contribution is -2.09. The molecule has 0 atom stereocenters. The van der Waals surface area contributed by atoms with Gasteiger partial charge in [0.2, 0.25) is 0 Å². The van der Waals surface area contributed by atoms with Crippen LogP contribution in [0.15, 0.2) is 46.3 Å². The predicted molar refractivity (Wildman–Crippen MR) is 59.4 cm³/mol. The molecule has 0 fully saturated rings. The first-order chi connectivity index (χ1) is 7.81. The van der Waals surface area contributed by atoms with E-state index >= 15 is 0 Å². The number of fused-ring (bicyclic) bond motifs is 1. The van der Waals surface area contributed by atoms with Gasteiger partial charge in [-0.25, -0.2) is 4.79 Å². The third-order valence-corrected chi connectivity index (χ3v) is 2.29. The van der Waals surface area contributed by atoms with Crippen molar-refractivity contribution in [2.75, 3.05) is 6.61 Å². The molecule has 0 saturated heterocycles. The number of carbonyl (C=O) groups excluding carboxylic acids is 1. The molecule has 0 aromatic heterocycles. The summed E-state index contributed by atoms with van der Waals surface area (Å²) >= 11 is 0. The number of nitrogens with zero attached hydrogens (tertiary/aromatic N) is 2. The van der Waals surface area contributed by atoms with Gasteiger partial charge >= 0.3 is 5.97 Å². The summed E-state index contributed by atoms with van der Waals surface area (Å²) in [5.74, 6) is -0.321. The highest BCUT2D eigenvalue weighted by atomic mass is 16.5. The van der Waals surface area contributed by atoms with E-state index in [-0.39, 0.29) is 5.97 Å². The third-order valence-electron chi connectivity index (χ3n) is 2.29. The van der Waals surface area contributed by atoms with E-state index < -0.39 is 0 Å². The minimum Gasteiger partial charge on any atom is -0.463 e. The lowest BCUT2D eigenvalue weighted by molar-refractivity contribution is -0.138. The van der Waals surface area contributed by atoms with Gasteiger partial charge in [-0.2, -0.15) is 10.2 Å². The van der Waals surface area contributed by atoms with Gasteiger partial charge < -0.3 is 4.74 Å². The molecule has 0 N–H and O–H groups in total. The topological polar surface area (TPSA) is 51.0 Å². The van der Waals surface area contributed by atoms with Crippen molar-refractivity contribution in [3.63, 3.8) is 0 Å². The summed E-state index contributed by atoms with van der Waals surface area (Å²) in [6, 6.07) is 7.63. The lowest BCUT2D eigenvalue weighted by Gasteiger charge is -2.05. The van der Waals surface area contributed by atoms with E-state index in [9.17, 15) is 4.79 Å². The van der Waals surface area contributed by atoms with Gasteiger partial charge in [0.25, 0.3) is 0 Å². The Morgan fingerprint density at radius 1 is 1.44 bits per heavy atom. The Labute approximate surface area is 93.6 Å². The Kier molecular flexibility index (Phi) is 3.10. The summed E-state index contributed by atoms with van der Waals surface area (Å²) in [7, 11) is 0. The molecule has 0 spiro atoms. The first kappa shape index (κ1) is 10.5. The first-order valence-electron chi connectivity index (χ1n) is 5.16. The largest absolute Gasteiger partial charge is 0.463 e. The second-order valence-corrected chi connectivity index (χ2v) is 3.40. The van der Waals surface area contributed by atoms with E-state index in [1.807, 2.05) is 24.3 Å². The van der Waals surface area contributed by atoms with Crippen LogP contribution in [0, 0.1) is 0 Å². The van der Waals surface area contributed by atoms with Crippen molar-refractivity contribution in [2.45, 2.75) is 13.3 Å². The van der Waals surface area contributed by atoms with Crippen molar-refractivity contribution < 1.29 is 9.53 Å². The maximum Gasteiger partial charge on any atom is 0.335 e. The number of ether oxygens (including phenoxy) is 1. The molecule has 1 aliphatic heterocycles. The van der Waals surface area contributed by atoms with Crippen molar-refractivity contribution in [2.24, 2.45) is 10.2 Å². The second kappa shape index (κ2) is 4.70. The van der Waals surface area contributed by atoms with Crippen LogP contribution in [-0.4, -0.2) is 12.6 Å². The highest BCUT2D eigenvalue weighted by molar-refractivity contribution is 5.89. The monoisotopic (exact) mass is 216 g/mol. The van der Waals surface area contributed by atoms with Crippen molar-refractivity contribution in [3.05, 3.63) is 41.6 Å². The lowest BCUT2D eigenvalue weighted by atomic mass is 10.0. The van der Waals surface area contributed by atoms with E-state index in [0.29, 0.717) is 18.6 Å². The maximum atomic E-state index is 11.6. The van der Waals surface area contributed by atoms with Gasteiger partial charge in [0, 0.05) is 6.42 Å². The molecule has 2 rings (SSSR count). The fourth-order valence-electron chi connectivity index (χ4n) is 1.52. The number of benzene rings is 1. The summed E-state index contributed by atoms with van der Waals surface area (Å²) in [6.07, 6.45) is 1.99. The van der Waals surface area contributed by atoms with Gasteiger partial charge in [-0.15, -0.1) is 0 Å². The molecule has 1 heterocycles. The van der Waals surface area contributed by atoms with Crippen LogP contribution >= 0.6 is 0 Å². The number of esters is 1. The summed E-state index contributed by atoms with van der Waals surface area (Å²) in [4.78, 5) is 11.6. The maximum absolute atomic E-state index is 11.6. The van der Waals surface area contributed by atoms with E-state index in [2.05, 4.69) is 10.2 Å². The highest BCUT2D eigenvalue weighted by Crippen LogP contribution is 2.25. The summed E-state index contributed by atoms with van der Waals surface area (Å²) in [5, 5.41) is 7.88. The molecule has 0 unspecified atom stereocenters. The number of carbonyl (C=O) groups is 1. The van der Waals surface area contributed by atoms with Crippen LogP contribution in [-0.2, 0) is 16.0 Å². The molecule has 0 bridgehead atoms. The van der Waals surface area contributed by atoms with E-state index in [4.69, 9.17) is 4.74 Å². The molecule has 1 aromatic carbocycles. The molecule has 1 aromatic rings. The predicted octanol–water partition coefficient (Wildman–Crippen LogP) is 2.77. The molecule has 4 nitrogen and oxygen atoms in total. The molecule has 16 heavy (non-hydrogen) atoms. The normalized spacial score (nSPS) is 13.7. The van der Waals surface area contributed by atoms with Crippen molar-refractivity contribution in [3.8, 4) is 0 Å². The summed E-state index contributed by atoms with van der Waals surface area (Å²) < 4.78 is 4.94. The van der Waals surface area contributed by atoms with Crippen LogP contribution in [0.25, 0.3) is 0 Å². The zero-order chi connectivity index (χ0) is 11.4. The molecule has 82 valence electrons. The Morgan fingerprint density at radius 3 is 3.06 bits per heavy atom. The van der Waals surface area contributed by atoms with E-state index in [0.717, 1.165) is 11.3 Å². The molecule has 0 saturated carbocycles. The molecule has 4 heteroatoms. The van der Waals surface area contributed by atoms with Crippen LogP contribution in [0.4, 0.5) is 5.69 Å². The van der Waals surface area contributed by atoms with E-state index in [1.54, 1.807) is 6.92 Å². The van der Waals surface area contributed by atoms with Crippen molar-refractivity contribution >= 4 is 11.7 Å². The number of rotatable bonds is 2. The SMILES string of the molecule is CCOC(=O)C1=CN=Nc2ccccc2C1. The van der Waals surface area contributed by atoms with Crippen LogP contribution in [0.2, 0.25) is 0 Å². The molecule has 0 aliphatic carbocycles. The van der Waals surface area contributed by atoms with Crippen LogP contribution in [0.1, 0.15) is 12.5 Å². The Balaban J connectivity index is 2.26. The van der Waals surface area contributed by atoms with Gasteiger partial charge in [-0.1, -0.05) is 18.2 Å². The van der Waals surface area contributed by atoms with Crippen molar-refractivity contribution in [1.82, 2.24) is 0 Å². The number of azo groups is 1. The fraction of sp³-hybridized carbons (Fsp3) is 0.250. The van der Waals surface area contributed by atoms with Crippen molar-refractivity contribution in [1.29, 1.82) is 0 Å². The van der Waals surface area contributed by atoms with Gasteiger partial charge in [-0.3, -0.25) is 0 Å². The quantitative estimate of drug-likeness (QED) is 0.714. The zero-order valence-corrected chi connectivity index (χ0v) is 9.01. The standard InChI is InChI=1S/C12H12N2O2/c1-2-16-12(15)10-7-9-5-3-4-6-11(9)14-13-8-10/h3-6,8H,2,7H2,1H3. The van der Waals surface area contributed by atoms with E-state index in [1.165, 1.54) is 6.20 Å². The molecule has 1 aliphatic rings. The average Bonchev–Trinajstić information content (AvgIpc) is 2.51. The average molecular weight is 216 g/mol. The van der Waals surface area contributed by atoms with Crippen LogP contribution in [0.5, 0.6) is 0 Å². The van der Waals surface area contributed by atoms with Crippen LogP contribution < -0.4 is 0 Å². The molecular formula is C12H12N2O2. The fourth-order valence-corrected chi connectivity index (χ4v) is 1.52. The third kappa shape index (κ3) is 2.16. The Bertz CT molecular complexity index is 464. The molecule has 0 radical (unpaired) electrons. The molecule has 0 amide bonds. The summed E-state index contributed by atoms with van der Waals surface area (Å²) in [6.45, 7) is 2.15. The van der Waals surface area contributed by atoms with Crippen LogP contribution in [0.3, 0.4) is 0 Å². The van der Waals surface area contributed by atoms with Gasteiger partial charge in [-0.05, 0) is 18.6 Å². The Morgan fingerprint density at radius 2 is 2.25 bits per heavy atom. The number of hydrogen-bond donors (Lipinski definition) is 0. The minimum absolute atomic E-state index is 0.321. The minimum atomic E-state index is -0.321.